The van der Waals surface area contributed by atoms with Gasteiger partial charge in [-0.05, 0) is 25.0 Å². The van der Waals surface area contributed by atoms with Crippen molar-refractivity contribution in [3.63, 3.8) is 0 Å². The Labute approximate surface area is 117 Å². The van der Waals surface area contributed by atoms with Crippen molar-refractivity contribution in [2.24, 2.45) is 0 Å². The van der Waals surface area contributed by atoms with Crippen LogP contribution in [-0.4, -0.2) is 21.6 Å². The summed E-state index contributed by atoms with van der Waals surface area (Å²) in [4.78, 5) is 16.1. The van der Waals surface area contributed by atoms with E-state index in [1.807, 2.05) is 6.07 Å². The molecule has 0 atom stereocenters. The van der Waals surface area contributed by atoms with E-state index in [-0.39, 0.29) is 0 Å². The first-order valence-electron chi connectivity index (χ1n) is 7.05. The molecule has 0 unspecified atom stereocenters. The van der Waals surface area contributed by atoms with E-state index in [4.69, 9.17) is 4.42 Å². The van der Waals surface area contributed by atoms with Gasteiger partial charge in [-0.15, -0.1) is 0 Å². The van der Waals surface area contributed by atoms with Gasteiger partial charge in [-0.2, -0.15) is 0 Å². The third kappa shape index (κ3) is 2.24. The minimum Gasteiger partial charge on any atom is -0.480 e. The Balaban J connectivity index is 1.97. The van der Waals surface area contributed by atoms with Gasteiger partial charge in [0.25, 0.3) is 0 Å². The van der Waals surface area contributed by atoms with Gasteiger partial charge in [0, 0.05) is 6.20 Å². The normalized spacial score (nSPS) is 18.6. The van der Waals surface area contributed by atoms with Crippen LogP contribution in [0.5, 0.6) is 0 Å². The predicted molar refractivity (Wildman–Crippen MR) is 75.7 cm³/mol. The van der Waals surface area contributed by atoms with Gasteiger partial charge in [-0.25, -0.2) is 9.78 Å². The smallest absolute Gasteiger partial charge is 0.329 e. The quantitative estimate of drug-likeness (QED) is 0.839. The van der Waals surface area contributed by atoms with Crippen LogP contribution >= 0.6 is 0 Å². The minimum absolute atomic E-state index is 0.598. The number of carbonyl (C=O) groups is 1. The molecule has 2 aromatic heterocycles. The van der Waals surface area contributed by atoms with Gasteiger partial charge >= 0.3 is 5.97 Å². The summed E-state index contributed by atoms with van der Waals surface area (Å²) >= 11 is 0. The summed E-state index contributed by atoms with van der Waals surface area (Å²) < 4.78 is 5.34. The zero-order chi connectivity index (χ0) is 14.0. The van der Waals surface area contributed by atoms with Crippen molar-refractivity contribution in [3.8, 4) is 0 Å². The van der Waals surface area contributed by atoms with E-state index in [2.05, 4.69) is 10.3 Å². The average Bonchev–Trinajstić information content (AvgIpc) is 2.79. The molecule has 20 heavy (non-hydrogen) atoms. The van der Waals surface area contributed by atoms with E-state index >= 15 is 0 Å². The molecular formula is C15H18N2O3. The van der Waals surface area contributed by atoms with Gasteiger partial charge in [-0.3, -0.25) is 0 Å². The lowest BCUT2D eigenvalue weighted by molar-refractivity contribution is -0.142. The zero-order valence-electron chi connectivity index (χ0n) is 11.3. The Kier molecular flexibility index (Phi) is 3.34. The molecule has 1 aliphatic carbocycles. The molecule has 5 heteroatoms. The van der Waals surface area contributed by atoms with Crippen LogP contribution in [0.2, 0.25) is 0 Å². The number of anilines is 1. The van der Waals surface area contributed by atoms with Gasteiger partial charge in [0.05, 0.1) is 11.6 Å². The second-order valence-corrected chi connectivity index (χ2v) is 5.42. The van der Waals surface area contributed by atoms with Gasteiger partial charge in [0.15, 0.2) is 0 Å². The van der Waals surface area contributed by atoms with Crippen LogP contribution in [0.1, 0.15) is 38.5 Å². The second kappa shape index (κ2) is 5.15. The molecule has 5 nitrogen and oxygen atoms in total. The molecule has 0 radical (unpaired) electrons. The highest BCUT2D eigenvalue weighted by atomic mass is 16.4. The first kappa shape index (κ1) is 13.0. The number of carboxylic acid groups (broad SMARTS) is 1. The summed E-state index contributed by atoms with van der Waals surface area (Å²) in [5.41, 5.74) is -0.189. The fourth-order valence-electron chi connectivity index (χ4n) is 2.95. The van der Waals surface area contributed by atoms with Crippen LogP contribution in [0, 0.1) is 0 Å². The molecule has 2 heterocycles. The average molecular weight is 274 g/mol. The van der Waals surface area contributed by atoms with Crippen molar-refractivity contribution in [2.45, 2.75) is 44.1 Å². The molecule has 3 rings (SSSR count). The van der Waals surface area contributed by atoms with Crippen LogP contribution in [0.15, 0.2) is 29.0 Å². The van der Waals surface area contributed by atoms with Gasteiger partial charge < -0.3 is 14.8 Å². The van der Waals surface area contributed by atoms with E-state index in [1.54, 1.807) is 18.5 Å². The number of rotatable bonds is 3. The number of aromatic nitrogens is 1. The molecular weight excluding hydrogens is 256 g/mol. The maximum Gasteiger partial charge on any atom is 0.329 e. The number of hydrogen-bond donors (Lipinski definition) is 2. The summed E-state index contributed by atoms with van der Waals surface area (Å²) in [6.07, 6.45) is 8.57. The van der Waals surface area contributed by atoms with Crippen LogP contribution in [0.25, 0.3) is 11.0 Å². The SMILES string of the molecule is O=C(O)C1(Nc2nccc3occc23)CCCCCC1. The number of nitrogens with zero attached hydrogens (tertiary/aromatic N) is 1. The van der Waals surface area contributed by atoms with Crippen molar-refractivity contribution in [2.75, 3.05) is 5.32 Å². The lowest BCUT2D eigenvalue weighted by Crippen LogP contribution is -2.46. The fraction of sp³-hybridized carbons (Fsp3) is 0.467. The van der Waals surface area contributed by atoms with Gasteiger partial charge in [0.1, 0.15) is 16.9 Å². The molecule has 0 amide bonds. The molecule has 106 valence electrons. The summed E-state index contributed by atoms with van der Waals surface area (Å²) in [5.74, 6) is -0.192. The molecule has 0 aromatic carbocycles. The zero-order valence-corrected chi connectivity index (χ0v) is 11.3. The van der Waals surface area contributed by atoms with Crippen molar-refractivity contribution < 1.29 is 14.3 Å². The molecule has 2 N–H and O–H groups in total. The summed E-state index contributed by atoms with van der Waals surface area (Å²) in [5, 5.41) is 13.7. The highest BCUT2D eigenvalue weighted by molar-refractivity contribution is 5.91. The number of pyridine rings is 1. The fourth-order valence-corrected chi connectivity index (χ4v) is 2.95. The Hall–Kier alpha value is -2.04. The number of hydrogen-bond acceptors (Lipinski definition) is 4. The highest BCUT2D eigenvalue weighted by Gasteiger charge is 2.39. The molecule has 2 aromatic rings. The van der Waals surface area contributed by atoms with E-state index in [0.717, 1.165) is 36.7 Å². The van der Waals surface area contributed by atoms with E-state index in [1.165, 1.54) is 0 Å². The summed E-state index contributed by atoms with van der Waals surface area (Å²) in [6, 6.07) is 3.60. The molecule has 0 saturated heterocycles. The third-order valence-corrected chi connectivity index (χ3v) is 4.10. The standard InChI is InChI=1S/C15H18N2O3/c18-14(19)15(7-3-1-2-4-8-15)17-13-11-6-10-20-12(11)5-9-16-13/h5-6,9-10H,1-4,7-8H2,(H,16,17)(H,18,19). The predicted octanol–water partition coefficient (Wildman–Crippen LogP) is 3.42. The lowest BCUT2D eigenvalue weighted by Gasteiger charge is -2.30. The van der Waals surface area contributed by atoms with Crippen LogP contribution < -0.4 is 5.32 Å². The molecule has 1 saturated carbocycles. The largest absolute Gasteiger partial charge is 0.480 e. The Morgan fingerprint density at radius 2 is 2.00 bits per heavy atom. The maximum absolute atomic E-state index is 11.8. The van der Waals surface area contributed by atoms with Crippen LogP contribution in [-0.2, 0) is 4.79 Å². The Morgan fingerprint density at radius 1 is 1.25 bits per heavy atom. The number of furan rings is 1. The second-order valence-electron chi connectivity index (χ2n) is 5.42. The van der Waals surface area contributed by atoms with Crippen LogP contribution in [0.3, 0.4) is 0 Å². The number of fused-ring (bicyclic) bond motifs is 1. The Morgan fingerprint density at radius 3 is 2.70 bits per heavy atom. The third-order valence-electron chi connectivity index (χ3n) is 4.10. The lowest BCUT2D eigenvalue weighted by atomic mass is 9.90. The first-order chi connectivity index (χ1) is 9.71. The van der Waals surface area contributed by atoms with E-state index in [9.17, 15) is 9.90 Å². The van der Waals surface area contributed by atoms with Gasteiger partial charge in [-0.1, -0.05) is 25.7 Å². The molecule has 0 bridgehead atoms. The van der Waals surface area contributed by atoms with Crippen molar-refractivity contribution in [1.82, 2.24) is 4.98 Å². The summed E-state index contributed by atoms with van der Waals surface area (Å²) in [7, 11) is 0. The van der Waals surface area contributed by atoms with E-state index in [0.29, 0.717) is 18.7 Å². The Bertz CT molecular complexity index is 612. The highest BCUT2D eigenvalue weighted by Crippen LogP contribution is 2.33. The van der Waals surface area contributed by atoms with Crippen LogP contribution in [0.4, 0.5) is 5.82 Å². The van der Waals surface area contributed by atoms with E-state index < -0.39 is 11.5 Å². The number of aliphatic carboxylic acids is 1. The first-order valence-corrected chi connectivity index (χ1v) is 7.05. The van der Waals surface area contributed by atoms with Gasteiger partial charge in [0.2, 0.25) is 0 Å². The maximum atomic E-state index is 11.8. The summed E-state index contributed by atoms with van der Waals surface area (Å²) in [6.45, 7) is 0. The van der Waals surface area contributed by atoms with Crippen molar-refractivity contribution in [3.05, 3.63) is 24.6 Å². The minimum atomic E-state index is -0.908. The topological polar surface area (TPSA) is 75.4 Å². The molecule has 1 fully saturated rings. The number of nitrogens with one attached hydrogen (secondary N) is 1. The van der Waals surface area contributed by atoms with Crippen molar-refractivity contribution in [1.29, 1.82) is 0 Å². The molecule has 1 aliphatic rings. The molecule has 0 spiro atoms. The monoisotopic (exact) mass is 274 g/mol. The molecule has 0 aliphatic heterocycles. The van der Waals surface area contributed by atoms with Crippen molar-refractivity contribution >= 4 is 22.8 Å². The number of carboxylic acids is 1.